The zero-order chi connectivity index (χ0) is 29.0. The van der Waals surface area contributed by atoms with Crippen LogP contribution < -0.4 is 0 Å². The third-order valence-corrected chi connectivity index (χ3v) is 5.74. The summed E-state index contributed by atoms with van der Waals surface area (Å²) in [6.07, 6.45) is -3.43. The summed E-state index contributed by atoms with van der Waals surface area (Å²) in [4.78, 5) is 8.94. The van der Waals surface area contributed by atoms with E-state index in [9.17, 15) is 0 Å². The van der Waals surface area contributed by atoms with Gasteiger partial charge in [-0.3, -0.25) is 4.98 Å². The molecule has 34 heavy (non-hydrogen) atoms. The Morgan fingerprint density at radius 3 is 2.44 bits per heavy atom. The summed E-state index contributed by atoms with van der Waals surface area (Å²) in [5.74, 6) is 0. The van der Waals surface area contributed by atoms with E-state index in [4.69, 9.17) is 14.0 Å². The monoisotopic (exact) mass is 447 g/mol. The van der Waals surface area contributed by atoms with Crippen LogP contribution in [0.2, 0.25) is 0 Å². The summed E-state index contributed by atoms with van der Waals surface area (Å²) in [6, 6.07) is 27.9. The Hall–Kier alpha value is -4.24. The first-order chi connectivity index (χ1) is 19.5. The van der Waals surface area contributed by atoms with Crippen LogP contribution in [0.3, 0.4) is 0 Å². The third-order valence-electron chi connectivity index (χ3n) is 5.74. The quantitative estimate of drug-likeness (QED) is 0.271. The molecule has 3 aromatic carbocycles. The molecule has 3 heteroatoms. The average Bonchev–Trinajstić information content (AvgIpc) is 3.35. The Morgan fingerprint density at radius 2 is 1.62 bits per heavy atom. The largest absolute Gasteiger partial charge is 0.437 e. The van der Waals surface area contributed by atoms with Crippen LogP contribution in [0.5, 0.6) is 0 Å². The van der Waals surface area contributed by atoms with Gasteiger partial charge >= 0.3 is 0 Å². The topological polar surface area (TPSA) is 38.9 Å². The van der Waals surface area contributed by atoms with Crippen molar-refractivity contribution in [3.05, 3.63) is 120 Å². The Bertz CT molecular complexity index is 1880. The SMILES string of the molecule is [2H]C([2H])([2H])c1cnc(-c2cccc3c2oc2nc(C([2H])([2H])C([2H])([2H])c4ccccc4)ccc23)cc1-c1ccccc1. The molecule has 0 amide bonds. The van der Waals surface area contributed by atoms with Gasteiger partial charge in [-0.1, -0.05) is 72.8 Å². The van der Waals surface area contributed by atoms with Crippen LogP contribution in [0, 0.1) is 6.85 Å². The van der Waals surface area contributed by atoms with E-state index in [1.54, 1.807) is 42.5 Å². The molecule has 0 bridgehead atoms. The van der Waals surface area contributed by atoms with Gasteiger partial charge < -0.3 is 4.42 Å². The lowest BCUT2D eigenvalue weighted by molar-refractivity contribution is 0.651. The lowest BCUT2D eigenvalue weighted by Crippen LogP contribution is -1.93. The summed E-state index contributed by atoms with van der Waals surface area (Å²) in [5, 5.41) is 1.37. The molecule has 0 aliphatic rings. The fraction of sp³-hybridized carbons (Fsp3) is 0.0968. The number of pyridine rings is 2. The van der Waals surface area contributed by atoms with Crippen molar-refractivity contribution in [1.29, 1.82) is 0 Å². The molecule has 3 nitrogen and oxygen atoms in total. The van der Waals surface area contributed by atoms with Gasteiger partial charge in [0.1, 0.15) is 5.58 Å². The second kappa shape index (κ2) is 8.60. The predicted molar refractivity (Wildman–Crippen MR) is 139 cm³/mol. The lowest BCUT2D eigenvalue weighted by atomic mass is 9.99. The molecule has 0 N–H and O–H groups in total. The second-order valence-corrected chi connectivity index (χ2v) is 7.93. The highest BCUT2D eigenvalue weighted by Crippen LogP contribution is 2.36. The van der Waals surface area contributed by atoms with Crippen LogP contribution in [0.25, 0.3) is 44.5 Å². The average molecular weight is 448 g/mol. The van der Waals surface area contributed by atoms with Gasteiger partial charge in [0.15, 0.2) is 0 Å². The first-order valence-electron chi connectivity index (χ1n) is 14.4. The highest BCUT2D eigenvalue weighted by Gasteiger charge is 2.15. The fourth-order valence-corrected chi connectivity index (χ4v) is 4.07. The minimum absolute atomic E-state index is 0.0917. The van der Waals surface area contributed by atoms with Crippen LogP contribution in [0.1, 0.15) is 26.4 Å². The van der Waals surface area contributed by atoms with E-state index >= 15 is 0 Å². The van der Waals surface area contributed by atoms with E-state index in [2.05, 4.69) is 9.97 Å². The van der Waals surface area contributed by atoms with Gasteiger partial charge in [0.2, 0.25) is 5.71 Å². The molecule has 164 valence electrons. The molecule has 0 radical (unpaired) electrons. The lowest BCUT2D eigenvalue weighted by Gasteiger charge is -2.09. The molecular weight excluding hydrogens is 416 g/mol. The Kier molecular flexibility index (Phi) is 3.57. The zero-order valence-corrected chi connectivity index (χ0v) is 18.1. The summed E-state index contributed by atoms with van der Waals surface area (Å²) < 4.78 is 64.8. The number of nitrogens with zero attached hydrogens (tertiary/aromatic N) is 2. The van der Waals surface area contributed by atoms with Crippen LogP contribution in [0.15, 0.2) is 108 Å². The number of aromatic nitrogens is 2. The van der Waals surface area contributed by atoms with Gasteiger partial charge in [0.05, 0.1) is 5.69 Å². The Morgan fingerprint density at radius 1 is 0.794 bits per heavy atom. The van der Waals surface area contributed by atoms with Gasteiger partial charge in [-0.25, -0.2) is 4.98 Å². The van der Waals surface area contributed by atoms with Gasteiger partial charge in [-0.2, -0.15) is 0 Å². The maximum absolute atomic E-state index is 8.70. The van der Waals surface area contributed by atoms with Crippen molar-refractivity contribution in [1.82, 2.24) is 9.97 Å². The normalized spacial score (nSPS) is 15.6. The number of hydrogen-bond acceptors (Lipinski definition) is 3. The molecule has 0 aliphatic heterocycles. The van der Waals surface area contributed by atoms with Crippen molar-refractivity contribution in [3.8, 4) is 22.4 Å². The molecule has 6 aromatic rings. The maximum atomic E-state index is 8.70. The van der Waals surface area contributed by atoms with E-state index in [0.717, 1.165) is 10.9 Å². The van der Waals surface area contributed by atoms with Crippen molar-refractivity contribution >= 4 is 22.1 Å². The number of benzene rings is 3. The Labute approximate surface area is 208 Å². The van der Waals surface area contributed by atoms with E-state index in [1.165, 1.54) is 12.3 Å². The van der Waals surface area contributed by atoms with Crippen LogP contribution in [-0.2, 0) is 12.7 Å². The number of rotatable bonds is 5. The molecule has 0 fully saturated rings. The molecule has 0 saturated carbocycles. The molecule has 0 spiro atoms. The van der Waals surface area contributed by atoms with Gasteiger partial charge in [0.25, 0.3) is 0 Å². The summed E-state index contributed by atoms with van der Waals surface area (Å²) >= 11 is 0. The molecule has 0 aliphatic carbocycles. The third kappa shape index (κ3) is 3.75. The number of para-hydroxylation sites is 1. The highest BCUT2D eigenvalue weighted by atomic mass is 16.3. The Balaban J connectivity index is 1.49. The first kappa shape index (κ1) is 14.1. The summed E-state index contributed by atoms with van der Waals surface area (Å²) in [5.41, 5.74) is 3.32. The number of fused-ring (bicyclic) bond motifs is 3. The summed E-state index contributed by atoms with van der Waals surface area (Å²) in [6.45, 7) is -2.36. The minimum atomic E-state index is -2.46. The molecule has 3 aromatic heterocycles. The standard InChI is InChI=1S/C31H24N2O/c1-21-20-32-29(19-28(21)23-11-6-3-7-12-23)27-14-8-13-25-26-18-17-24(33-31(26)34-30(25)27)16-15-22-9-4-2-5-10-22/h2-14,17-20H,15-16H2,1H3/i1D3,15D2,16D2. The smallest absolute Gasteiger partial charge is 0.227 e. The highest BCUT2D eigenvalue weighted by molar-refractivity contribution is 6.08. The van der Waals surface area contributed by atoms with Crippen LogP contribution in [0.4, 0.5) is 0 Å². The van der Waals surface area contributed by atoms with Crippen molar-refractivity contribution in [2.75, 3.05) is 0 Å². The molecule has 0 atom stereocenters. The molecule has 0 unspecified atom stereocenters. The van der Waals surface area contributed by atoms with Gasteiger partial charge in [-0.15, -0.1) is 0 Å². The maximum Gasteiger partial charge on any atom is 0.227 e. The molecule has 0 saturated heterocycles. The fourth-order valence-electron chi connectivity index (χ4n) is 4.07. The molecule has 6 rings (SSSR count). The van der Waals surface area contributed by atoms with Crippen molar-refractivity contribution in [2.45, 2.75) is 19.6 Å². The zero-order valence-electron chi connectivity index (χ0n) is 25.1. The predicted octanol–water partition coefficient (Wildman–Crippen LogP) is 7.80. The number of aryl methyl sites for hydroxylation is 3. The van der Waals surface area contributed by atoms with E-state index < -0.39 is 19.6 Å². The van der Waals surface area contributed by atoms with E-state index in [1.807, 2.05) is 48.5 Å². The second-order valence-electron chi connectivity index (χ2n) is 7.93. The summed E-state index contributed by atoms with van der Waals surface area (Å²) in [7, 11) is 0. The van der Waals surface area contributed by atoms with Crippen molar-refractivity contribution in [3.63, 3.8) is 0 Å². The van der Waals surface area contributed by atoms with Crippen LogP contribution >= 0.6 is 0 Å². The number of hydrogen-bond donors (Lipinski definition) is 0. The van der Waals surface area contributed by atoms with Crippen molar-refractivity contribution in [2.24, 2.45) is 0 Å². The van der Waals surface area contributed by atoms with Gasteiger partial charge in [0, 0.05) is 37.8 Å². The van der Waals surface area contributed by atoms with Crippen LogP contribution in [-0.4, -0.2) is 9.97 Å². The molecule has 3 heterocycles. The minimum Gasteiger partial charge on any atom is -0.437 e. The first-order valence-corrected chi connectivity index (χ1v) is 10.9. The molecular formula is C31H24N2O. The van der Waals surface area contributed by atoms with E-state index in [-0.39, 0.29) is 22.5 Å². The van der Waals surface area contributed by atoms with Crippen molar-refractivity contribution < 1.29 is 14.0 Å². The van der Waals surface area contributed by atoms with E-state index in [0.29, 0.717) is 27.8 Å². The van der Waals surface area contributed by atoms with Gasteiger partial charge in [-0.05, 0) is 66.1 Å². The number of furan rings is 1.